The first-order valence-electron chi connectivity index (χ1n) is 3.54. The first-order chi connectivity index (χ1) is 5.72. The molecule has 1 rings (SSSR count). The first kappa shape index (κ1) is 9.75. The molecule has 0 radical (unpaired) electrons. The molecule has 0 aliphatic carbocycles. The Morgan fingerprint density at radius 3 is 2.17 bits per heavy atom. The Hall–Kier alpha value is -0.340. The van der Waals surface area contributed by atoms with Gasteiger partial charge in [0.2, 0.25) is 5.24 Å². The average molecular weight is 248 g/mol. The van der Waals surface area contributed by atoms with Crippen molar-refractivity contribution in [2.75, 3.05) is 0 Å². The third-order valence-electron chi connectivity index (χ3n) is 1.52. The van der Waals surface area contributed by atoms with E-state index in [9.17, 15) is 4.79 Å². The van der Waals surface area contributed by atoms with Crippen molar-refractivity contribution in [3.63, 3.8) is 0 Å². The topological polar surface area (TPSA) is 17.1 Å². The van der Waals surface area contributed by atoms with Gasteiger partial charge in [0.25, 0.3) is 0 Å². The first-order valence-corrected chi connectivity index (χ1v) is 5.04. The third kappa shape index (κ3) is 2.95. The standard InChI is InChI=1S/C9H8BrClO/c10-6-8-3-1-7(2-4-8)5-9(11)12/h1-4H,5-6H2. The minimum Gasteiger partial charge on any atom is -0.281 e. The molecule has 0 unspecified atom stereocenters. The summed E-state index contributed by atoms with van der Waals surface area (Å²) in [6.45, 7) is 0. The highest BCUT2D eigenvalue weighted by Crippen LogP contribution is 2.09. The molecule has 0 spiro atoms. The van der Waals surface area contributed by atoms with Gasteiger partial charge in [-0.2, -0.15) is 0 Å². The highest BCUT2D eigenvalue weighted by Gasteiger charge is 1.98. The molecule has 12 heavy (non-hydrogen) atoms. The second-order valence-corrected chi connectivity index (χ2v) is 3.46. The van der Waals surface area contributed by atoms with Gasteiger partial charge in [0.15, 0.2) is 0 Å². The summed E-state index contributed by atoms with van der Waals surface area (Å²) in [5.74, 6) is 0. The molecule has 0 amide bonds. The van der Waals surface area contributed by atoms with Crippen LogP contribution in [0.15, 0.2) is 24.3 Å². The Morgan fingerprint density at radius 2 is 1.75 bits per heavy atom. The molecule has 0 aliphatic rings. The Kier molecular flexibility index (Phi) is 3.76. The second-order valence-electron chi connectivity index (χ2n) is 2.48. The molecule has 0 saturated carbocycles. The van der Waals surface area contributed by atoms with Gasteiger partial charge in [0.1, 0.15) is 0 Å². The second kappa shape index (κ2) is 4.63. The van der Waals surface area contributed by atoms with Gasteiger partial charge >= 0.3 is 0 Å². The predicted octanol–water partition coefficient (Wildman–Crippen LogP) is 2.89. The maximum atomic E-state index is 10.5. The monoisotopic (exact) mass is 246 g/mol. The van der Waals surface area contributed by atoms with E-state index < -0.39 is 0 Å². The Morgan fingerprint density at radius 1 is 1.25 bits per heavy atom. The minimum absolute atomic E-state index is 0.310. The molecule has 0 fully saturated rings. The molecule has 1 nitrogen and oxygen atoms in total. The van der Waals surface area contributed by atoms with Crippen molar-refractivity contribution in [3.05, 3.63) is 35.4 Å². The lowest BCUT2D eigenvalue weighted by Gasteiger charge is -1.97. The van der Waals surface area contributed by atoms with Crippen LogP contribution in [0.3, 0.4) is 0 Å². The van der Waals surface area contributed by atoms with Crippen molar-refractivity contribution in [1.82, 2.24) is 0 Å². The number of halogens is 2. The van der Waals surface area contributed by atoms with Crippen molar-refractivity contribution in [1.29, 1.82) is 0 Å². The summed E-state index contributed by atoms with van der Waals surface area (Å²) >= 11 is 8.58. The van der Waals surface area contributed by atoms with Crippen molar-refractivity contribution in [2.45, 2.75) is 11.8 Å². The summed E-state index contributed by atoms with van der Waals surface area (Å²) in [6.07, 6.45) is 0.310. The van der Waals surface area contributed by atoms with E-state index in [2.05, 4.69) is 15.9 Å². The third-order valence-corrected chi connectivity index (χ3v) is 2.30. The van der Waals surface area contributed by atoms with E-state index >= 15 is 0 Å². The van der Waals surface area contributed by atoms with Crippen LogP contribution in [0.5, 0.6) is 0 Å². The molecule has 0 aliphatic heterocycles. The lowest BCUT2D eigenvalue weighted by atomic mass is 10.1. The summed E-state index contributed by atoms with van der Waals surface area (Å²) in [4.78, 5) is 10.5. The van der Waals surface area contributed by atoms with E-state index in [0.717, 1.165) is 10.9 Å². The molecule has 0 aromatic heterocycles. The van der Waals surface area contributed by atoms with Crippen LogP contribution in [0.4, 0.5) is 0 Å². The fraction of sp³-hybridized carbons (Fsp3) is 0.222. The SMILES string of the molecule is O=C(Cl)Cc1ccc(CBr)cc1. The summed E-state index contributed by atoms with van der Waals surface area (Å²) < 4.78 is 0. The molecular weight excluding hydrogens is 239 g/mol. The zero-order chi connectivity index (χ0) is 8.97. The number of hydrogen-bond donors (Lipinski definition) is 0. The smallest absolute Gasteiger partial charge is 0.226 e. The van der Waals surface area contributed by atoms with Gasteiger partial charge in [-0.3, -0.25) is 4.79 Å². The highest BCUT2D eigenvalue weighted by molar-refractivity contribution is 9.08. The normalized spacial score (nSPS) is 9.83. The number of hydrogen-bond acceptors (Lipinski definition) is 1. The largest absolute Gasteiger partial charge is 0.281 e. The number of rotatable bonds is 3. The van der Waals surface area contributed by atoms with Crippen molar-refractivity contribution in [3.8, 4) is 0 Å². The number of benzene rings is 1. The summed E-state index contributed by atoms with van der Waals surface area (Å²) in [5, 5.41) is 0.517. The van der Waals surface area contributed by atoms with Crippen LogP contribution in [-0.2, 0) is 16.5 Å². The maximum absolute atomic E-state index is 10.5. The van der Waals surface area contributed by atoms with E-state index in [4.69, 9.17) is 11.6 Å². The molecule has 1 aromatic carbocycles. The van der Waals surface area contributed by atoms with Gasteiger partial charge in [0, 0.05) is 11.8 Å². The molecule has 1 aromatic rings. The zero-order valence-electron chi connectivity index (χ0n) is 6.39. The zero-order valence-corrected chi connectivity index (χ0v) is 8.73. The highest BCUT2D eigenvalue weighted by atomic mass is 79.9. The van der Waals surface area contributed by atoms with E-state index in [1.54, 1.807) is 0 Å². The molecule has 64 valence electrons. The molecule has 0 bridgehead atoms. The average Bonchev–Trinajstić information content (AvgIpc) is 2.05. The van der Waals surface area contributed by atoms with Crippen LogP contribution in [-0.4, -0.2) is 5.24 Å². The minimum atomic E-state index is -0.318. The van der Waals surface area contributed by atoms with Crippen LogP contribution in [0.2, 0.25) is 0 Å². The van der Waals surface area contributed by atoms with Crippen molar-refractivity contribution in [2.24, 2.45) is 0 Å². The fourth-order valence-corrected chi connectivity index (χ4v) is 1.43. The van der Waals surface area contributed by atoms with Gasteiger partial charge in [-0.15, -0.1) is 0 Å². The van der Waals surface area contributed by atoms with E-state index in [-0.39, 0.29) is 5.24 Å². The van der Waals surface area contributed by atoms with Crippen LogP contribution >= 0.6 is 27.5 Å². The molecule has 0 N–H and O–H groups in total. The number of carbonyl (C=O) groups is 1. The Labute approximate surface area is 84.9 Å². The van der Waals surface area contributed by atoms with Crippen LogP contribution in [0.1, 0.15) is 11.1 Å². The van der Waals surface area contributed by atoms with Gasteiger partial charge < -0.3 is 0 Å². The van der Waals surface area contributed by atoms with Crippen LogP contribution < -0.4 is 0 Å². The van der Waals surface area contributed by atoms with Gasteiger partial charge in [-0.1, -0.05) is 40.2 Å². The fourth-order valence-electron chi connectivity index (χ4n) is 0.907. The summed E-state index contributed by atoms with van der Waals surface area (Å²) in [5.41, 5.74) is 2.15. The van der Waals surface area contributed by atoms with Gasteiger partial charge in [0.05, 0.1) is 0 Å². The van der Waals surface area contributed by atoms with Crippen molar-refractivity contribution >= 4 is 32.8 Å². The predicted molar refractivity (Wildman–Crippen MR) is 53.6 cm³/mol. The van der Waals surface area contributed by atoms with Gasteiger partial charge in [-0.25, -0.2) is 0 Å². The van der Waals surface area contributed by atoms with E-state index in [1.165, 1.54) is 5.56 Å². The van der Waals surface area contributed by atoms with E-state index in [0.29, 0.717) is 6.42 Å². The molecular formula is C9H8BrClO. The molecule has 0 heterocycles. The maximum Gasteiger partial charge on any atom is 0.226 e. The number of carbonyl (C=O) groups excluding carboxylic acids is 1. The summed E-state index contributed by atoms with van der Waals surface area (Å²) in [7, 11) is 0. The quantitative estimate of drug-likeness (QED) is 0.593. The number of alkyl halides is 1. The molecule has 0 atom stereocenters. The summed E-state index contributed by atoms with van der Waals surface area (Å²) in [6, 6.07) is 7.78. The van der Waals surface area contributed by atoms with E-state index in [1.807, 2.05) is 24.3 Å². The van der Waals surface area contributed by atoms with Gasteiger partial charge in [-0.05, 0) is 22.7 Å². The van der Waals surface area contributed by atoms with Crippen LogP contribution in [0, 0.1) is 0 Å². The molecule has 0 saturated heterocycles. The lowest BCUT2D eigenvalue weighted by Crippen LogP contribution is -1.92. The lowest BCUT2D eigenvalue weighted by molar-refractivity contribution is -0.111. The molecule has 3 heteroatoms. The Balaban J connectivity index is 2.71. The van der Waals surface area contributed by atoms with Crippen molar-refractivity contribution < 1.29 is 4.79 Å². The Bertz CT molecular complexity index is 268. The van der Waals surface area contributed by atoms with Crippen LogP contribution in [0.25, 0.3) is 0 Å².